The van der Waals surface area contributed by atoms with E-state index in [0.717, 1.165) is 19.3 Å². The van der Waals surface area contributed by atoms with E-state index in [1.165, 1.54) is 6.07 Å². The maximum atomic E-state index is 12.5. The Morgan fingerprint density at radius 2 is 2.29 bits per heavy atom. The van der Waals surface area contributed by atoms with Crippen molar-refractivity contribution in [3.8, 4) is 0 Å². The van der Waals surface area contributed by atoms with E-state index in [2.05, 4.69) is 23.7 Å². The molecule has 1 atom stereocenters. The lowest BCUT2D eigenvalue weighted by Gasteiger charge is -2.39. The van der Waals surface area contributed by atoms with Gasteiger partial charge in [-0.25, -0.2) is 4.98 Å². The lowest BCUT2D eigenvalue weighted by molar-refractivity contribution is -0.385. The maximum absolute atomic E-state index is 12.5. The molecule has 21 heavy (non-hydrogen) atoms. The van der Waals surface area contributed by atoms with Crippen LogP contribution in [-0.2, 0) is 0 Å². The zero-order chi connectivity index (χ0) is 15.6. The summed E-state index contributed by atoms with van der Waals surface area (Å²) in [6.45, 7) is 7.01. The lowest BCUT2D eigenvalue weighted by atomic mass is 10.1. The summed E-state index contributed by atoms with van der Waals surface area (Å²) in [7, 11) is 0. The molecule has 0 aromatic carbocycles. The first kappa shape index (κ1) is 15.2. The second-order valence-corrected chi connectivity index (χ2v) is 5.11. The van der Waals surface area contributed by atoms with Gasteiger partial charge >= 0.3 is 0 Å². The SMILES string of the molecule is CCN1CCN(C(=O)c2cc([N+](=O)[O-])cnc2N)CC1C. The van der Waals surface area contributed by atoms with Gasteiger partial charge in [0.1, 0.15) is 12.0 Å². The van der Waals surface area contributed by atoms with E-state index in [4.69, 9.17) is 5.73 Å². The second kappa shape index (κ2) is 6.04. The molecule has 0 spiro atoms. The van der Waals surface area contributed by atoms with Crippen LogP contribution in [0.3, 0.4) is 0 Å². The van der Waals surface area contributed by atoms with Gasteiger partial charge in [0.15, 0.2) is 0 Å². The predicted octanol–water partition coefficient (Wildman–Crippen LogP) is 0.738. The smallest absolute Gasteiger partial charge is 0.288 e. The number of aromatic nitrogens is 1. The van der Waals surface area contributed by atoms with Gasteiger partial charge < -0.3 is 10.6 Å². The lowest BCUT2D eigenvalue weighted by Crippen LogP contribution is -2.53. The maximum Gasteiger partial charge on any atom is 0.288 e. The molecule has 114 valence electrons. The summed E-state index contributed by atoms with van der Waals surface area (Å²) in [5.41, 5.74) is 5.56. The van der Waals surface area contributed by atoms with Crippen molar-refractivity contribution in [2.75, 3.05) is 31.9 Å². The molecule has 1 aliphatic rings. The van der Waals surface area contributed by atoms with Crippen molar-refractivity contribution in [1.29, 1.82) is 0 Å². The van der Waals surface area contributed by atoms with E-state index in [1.807, 2.05) is 0 Å². The Hall–Kier alpha value is -2.22. The van der Waals surface area contributed by atoms with Gasteiger partial charge in [-0.15, -0.1) is 0 Å². The van der Waals surface area contributed by atoms with Crippen LogP contribution in [0.5, 0.6) is 0 Å². The minimum Gasteiger partial charge on any atom is -0.383 e. The number of hydrogen-bond donors (Lipinski definition) is 1. The monoisotopic (exact) mass is 293 g/mol. The van der Waals surface area contributed by atoms with Crippen LogP contribution in [0, 0.1) is 10.1 Å². The fraction of sp³-hybridized carbons (Fsp3) is 0.538. The molecule has 2 N–H and O–H groups in total. The Bertz CT molecular complexity index is 563. The molecule has 8 heteroatoms. The number of pyridine rings is 1. The fourth-order valence-electron chi connectivity index (χ4n) is 2.56. The largest absolute Gasteiger partial charge is 0.383 e. The van der Waals surface area contributed by atoms with Crippen LogP contribution in [0.1, 0.15) is 24.2 Å². The van der Waals surface area contributed by atoms with E-state index in [1.54, 1.807) is 4.90 Å². The zero-order valence-electron chi connectivity index (χ0n) is 12.2. The molecule has 1 aliphatic heterocycles. The number of carbonyl (C=O) groups excluding carboxylic acids is 1. The first-order chi connectivity index (χ1) is 9.93. The van der Waals surface area contributed by atoms with Gasteiger partial charge in [-0.2, -0.15) is 0 Å². The van der Waals surface area contributed by atoms with E-state index in [-0.39, 0.29) is 29.0 Å². The minimum atomic E-state index is -0.582. The Balaban J connectivity index is 2.21. The quantitative estimate of drug-likeness (QED) is 0.650. The Morgan fingerprint density at radius 3 is 2.86 bits per heavy atom. The highest BCUT2D eigenvalue weighted by Gasteiger charge is 2.28. The molecule has 2 heterocycles. The molecule has 0 radical (unpaired) electrons. The molecule has 0 saturated carbocycles. The number of nitrogens with zero attached hydrogens (tertiary/aromatic N) is 4. The standard InChI is InChI=1S/C13H19N5O3/c1-3-16-4-5-17(8-9(16)2)13(19)11-6-10(18(20)21)7-15-12(11)14/h6-7,9H,3-5,8H2,1-2H3,(H2,14,15). The van der Waals surface area contributed by atoms with Crippen LogP contribution >= 0.6 is 0 Å². The first-order valence-electron chi connectivity index (χ1n) is 6.87. The Morgan fingerprint density at radius 1 is 1.57 bits per heavy atom. The van der Waals surface area contributed by atoms with Gasteiger partial charge in [0.05, 0.1) is 10.5 Å². The molecule has 1 aromatic rings. The highest BCUT2D eigenvalue weighted by atomic mass is 16.6. The predicted molar refractivity (Wildman–Crippen MR) is 77.9 cm³/mol. The highest BCUT2D eigenvalue weighted by molar-refractivity contribution is 5.99. The third-order valence-corrected chi connectivity index (χ3v) is 3.80. The zero-order valence-corrected chi connectivity index (χ0v) is 12.2. The molecule has 0 bridgehead atoms. The minimum absolute atomic E-state index is 0.0242. The second-order valence-electron chi connectivity index (χ2n) is 5.11. The average molecular weight is 293 g/mol. The van der Waals surface area contributed by atoms with Crippen LogP contribution in [0.4, 0.5) is 11.5 Å². The first-order valence-corrected chi connectivity index (χ1v) is 6.87. The van der Waals surface area contributed by atoms with Crippen LogP contribution in [0.2, 0.25) is 0 Å². The van der Waals surface area contributed by atoms with Crippen LogP contribution < -0.4 is 5.73 Å². The normalized spacial score (nSPS) is 19.5. The number of nitrogens with two attached hydrogens (primary N) is 1. The molecule has 1 aromatic heterocycles. The number of nitrogen functional groups attached to an aromatic ring is 1. The summed E-state index contributed by atoms with van der Waals surface area (Å²) in [5, 5.41) is 10.8. The molecular formula is C13H19N5O3. The Kier molecular flexibility index (Phi) is 4.37. The fourth-order valence-corrected chi connectivity index (χ4v) is 2.56. The van der Waals surface area contributed by atoms with Gasteiger partial charge in [0, 0.05) is 31.7 Å². The summed E-state index contributed by atoms with van der Waals surface area (Å²) in [6.07, 6.45) is 1.06. The van der Waals surface area contributed by atoms with Crippen LogP contribution in [-0.4, -0.2) is 57.8 Å². The van der Waals surface area contributed by atoms with Crippen molar-refractivity contribution in [3.05, 3.63) is 27.9 Å². The van der Waals surface area contributed by atoms with Crippen molar-refractivity contribution in [1.82, 2.24) is 14.8 Å². The third-order valence-electron chi connectivity index (χ3n) is 3.80. The molecule has 1 unspecified atom stereocenters. The molecule has 2 rings (SSSR count). The number of carbonyl (C=O) groups is 1. The van der Waals surface area contributed by atoms with E-state index < -0.39 is 4.92 Å². The molecular weight excluding hydrogens is 274 g/mol. The van der Waals surface area contributed by atoms with Crippen molar-refractivity contribution >= 4 is 17.4 Å². The summed E-state index contributed by atoms with van der Waals surface area (Å²) < 4.78 is 0. The molecule has 1 saturated heterocycles. The number of amides is 1. The van der Waals surface area contributed by atoms with Crippen molar-refractivity contribution < 1.29 is 9.72 Å². The number of hydrogen-bond acceptors (Lipinski definition) is 6. The van der Waals surface area contributed by atoms with Crippen molar-refractivity contribution in [2.45, 2.75) is 19.9 Å². The summed E-state index contributed by atoms with van der Waals surface area (Å²) in [4.78, 5) is 30.4. The summed E-state index contributed by atoms with van der Waals surface area (Å²) in [5.74, 6) is -0.275. The summed E-state index contributed by atoms with van der Waals surface area (Å²) >= 11 is 0. The molecule has 0 aliphatic carbocycles. The average Bonchev–Trinajstić information content (AvgIpc) is 2.46. The number of piperazine rings is 1. The third kappa shape index (κ3) is 3.10. The van der Waals surface area contributed by atoms with E-state index in [0.29, 0.717) is 13.1 Å². The highest BCUT2D eigenvalue weighted by Crippen LogP contribution is 2.20. The van der Waals surface area contributed by atoms with Gasteiger partial charge in [-0.1, -0.05) is 6.92 Å². The topological polar surface area (TPSA) is 106 Å². The van der Waals surface area contributed by atoms with Crippen LogP contribution in [0.25, 0.3) is 0 Å². The van der Waals surface area contributed by atoms with Gasteiger partial charge in [-0.3, -0.25) is 19.8 Å². The number of rotatable bonds is 3. The number of likely N-dealkylation sites (N-methyl/N-ethyl adjacent to an activating group) is 1. The van der Waals surface area contributed by atoms with Gasteiger partial charge in [0.25, 0.3) is 11.6 Å². The number of nitro groups is 1. The molecule has 8 nitrogen and oxygen atoms in total. The molecule has 1 amide bonds. The van der Waals surface area contributed by atoms with Crippen molar-refractivity contribution in [2.24, 2.45) is 0 Å². The van der Waals surface area contributed by atoms with Gasteiger partial charge in [-0.05, 0) is 13.5 Å². The van der Waals surface area contributed by atoms with Crippen LogP contribution in [0.15, 0.2) is 12.3 Å². The Labute approximate surface area is 122 Å². The summed E-state index contributed by atoms with van der Waals surface area (Å²) in [6, 6.07) is 1.45. The van der Waals surface area contributed by atoms with Crippen molar-refractivity contribution in [3.63, 3.8) is 0 Å². The van der Waals surface area contributed by atoms with Gasteiger partial charge in [0.2, 0.25) is 0 Å². The molecule has 1 fully saturated rings. The number of anilines is 1. The van der Waals surface area contributed by atoms with E-state index >= 15 is 0 Å². The van der Waals surface area contributed by atoms with E-state index in [9.17, 15) is 14.9 Å².